The normalized spacial score (nSPS) is 12.3. The van der Waals surface area contributed by atoms with Crippen molar-refractivity contribution in [2.75, 3.05) is 13.1 Å². The lowest BCUT2D eigenvalue weighted by atomic mass is 10.1. The van der Waals surface area contributed by atoms with Gasteiger partial charge in [0.15, 0.2) is 0 Å². The number of unbranched alkanes of at least 4 members (excludes halogenated alkanes) is 1. The molecule has 4 heteroatoms. The number of rotatable bonds is 8. The highest BCUT2D eigenvalue weighted by Gasteiger charge is 2.05. The number of aliphatic hydroxyl groups excluding tert-OH is 1. The average molecular weight is 237 g/mol. The van der Waals surface area contributed by atoms with Gasteiger partial charge in [-0.1, -0.05) is 30.3 Å². The number of hydrogen-bond donors (Lipinski definition) is 3. The second kappa shape index (κ2) is 7.81. The fraction of sp³-hybridized carbons (Fsp3) is 0.462. The Balaban J connectivity index is 2.09. The van der Waals surface area contributed by atoms with Crippen LogP contribution in [-0.4, -0.2) is 29.3 Å². The fourth-order valence-corrected chi connectivity index (χ4v) is 1.56. The predicted octanol–water partition coefficient (Wildman–Crippen LogP) is 1.56. The van der Waals surface area contributed by atoms with Crippen LogP contribution in [0.3, 0.4) is 0 Å². The summed E-state index contributed by atoms with van der Waals surface area (Å²) >= 11 is 0. The van der Waals surface area contributed by atoms with Crippen LogP contribution in [0.5, 0.6) is 0 Å². The maximum absolute atomic E-state index is 10.3. The van der Waals surface area contributed by atoms with E-state index in [0.717, 1.165) is 18.5 Å². The first-order valence-electron chi connectivity index (χ1n) is 5.85. The first-order valence-corrected chi connectivity index (χ1v) is 5.85. The maximum Gasteiger partial charge on any atom is 0.303 e. The zero-order valence-corrected chi connectivity index (χ0v) is 9.80. The van der Waals surface area contributed by atoms with Crippen molar-refractivity contribution in [3.63, 3.8) is 0 Å². The summed E-state index contributed by atoms with van der Waals surface area (Å²) in [6.45, 7) is 1.23. The molecule has 1 aromatic rings. The minimum atomic E-state index is -0.755. The van der Waals surface area contributed by atoms with Crippen molar-refractivity contribution in [2.24, 2.45) is 0 Å². The number of aliphatic hydroxyl groups is 1. The molecule has 0 aliphatic rings. The third-order valence-corrected chi connectivity index (χ3v) is 2.52. The van der Waals surface area contributed by atoms with Gasteiger partial charge in [0.25, 0.3) is 0 Å². The number of carboxylic acid groups (broad SMARTS) is 1. The van der Waals surface area contributed by atoms with Gasteiger partial charge in [-0.05, 0) is 24.9 Å². The summed E-state index contributed by atoms with van der Waals surface area (Å²) in [4.78, 5) is 10.3. The zero-order valence-electron chi connectivity index (χ0n) is 9.80. The van der Waals surface area contributed by atoms with E-state index in [1.54, 1.807) is 0 Å². The Kier molecular flexibility index (Phi) is 6.29. The van der Waals surface area contributed by atoms with Crippen molar-refractivity contribution >= 4 is 5.97 Å². The SMILES string of the molecule is O=C(O)CCCCNCC(O)c1ccccc1. The molecule has 0 bridgehead atoms. The number of hydrogen-bond acceptors (Lipinski definition) is 3. The van der Waals surface area contributed by atoms with Crippen molar-refractivity contribution in [1.29, 1.82) is 0 Å². The molecule has 0 spiro atoms. The van der Waals surface area contributed by atoms with Crippen LogP contribution in [-0.2, 0) is 4.79 Å². The molecule has 0 aromatic heterocycles. The van der Waals surface area contributed by atoms with E-state index in [0.29, 0.717) is 13.0 Å². The Labute approximate surface area is 101 Å². The third kappa shape index (κ3) is 6.04. The monoisotopic (exact) mass is 237 g/mol. The van der Waals surface area contributed by atoms with E-state index < -0.39 is 12.1 Å². The van der Waals surface area contributed by atoms with Gasteiger partial charge in [0.1, 0.15) is 0 Å². The largest absolute Gasteiger partial charge is 0.481 e. The Hall–Kier alpha value is -1.39. The summed E-state index contributed by atoms with van der Waals surface area (Å²) in [7, 11) is 0. The molecule has 4 nitrogen and oxygen atoms in total. The second-order valence-corrected chi connectivity index (χ2v) is 3.98. The summed E-state index contributed by atoms with van der Waals surface area (Å²) in [5.74, 6) is -0.755. The minimum Gasteiger partial charge on any atom is -0.481 e. The van der Waals surface area contributed by atoms with Gasteiger partial charge in [-0.15, -0.1) is 0 Å². The third-order valence-electron chi connectivity index (χ3n) is 2.52. The van der Waals surface area contributed by atoms with Gasteiger partial charge in [-0.25, -0.2) is 0 Å². The van der Waals surface area contributed by atoms with Crippen molar-refractivity contribution in [2.45, 2.75) is 25.4 Å². The van der Waals surface area contributed by atoms with Crippen LogP contribution in [0.2, 0.25) is 0 Å². The number of carbonyl (C=O) groups is 1. The lowest BCUT2D eigenvalue weighted by molar-refractivity contribution is -0.137. The van der Waals surface area contributed by atoms with E-state index in [9.17, 15) is 9.90 Å². The van der Waals surface area contributed by atoms with Crippen molar-refractivity contribution in [1.82, 2.24) is 5.32 Å². The molecule has 1 atom stereocenters. The molecule has 0 aliphatic carbocycles. The van der Waals surface area contributed by atoms with Crippen LogP contribution in [0.25, 0.3) is 0 Å². The maximum atomic E-state index is 10.3. The van der Waals surface area contributed by atoms with Crippen LogP contribution in [0.15, 0.2) is 30.3 Å². The average Bonchev–Trinajstić information content (AvgIpc) is 2.34. The van der Waals surface area contributed by atoms with Crippen LogP contribution in [0.4, 0.5) is 0 Å². The Morgan fingerprint density at radius 1 is 1.24 bits per heavy atom. The quantitative estimate of drug-likeness (QED) is 0.600. The summed E-state index contributed by atoms with van der Waals surface area (Å²) in [6, 6.07) is 9.47. The van der Waals surface area contributed by atoms with Gasteiger partial charge in [0, 0.05) is 13.0 Å². The van der Waals surface area contributed by atoms with Crippen LogP contribution in [0, 0.1) is 0 Å². The van der Waals surface area contributed by atoms with E-state index >= 15 is 0 Å². The minimum absolute atomic E-state index is 0.211. The molecule has 1 aromatic carbocycles. The summed E-state index contributed by atoms with van der Waals surface area (Å²) in [6.07, 6.45) is 1.19. The van der Waals surface area contributed by atoms with Crippen molar-refractivity contribution in [3.8, 4) is 0 Å². The topological polar surface area (TPSA) is 69.6 Å². The lowest BCUT2D eigenvalue weighted by Gasteiger charge is -2.11. The molecule has 0 aliphatic heterocycles. The summed E-state index contributed by atoms with van der Waals surface area (Å²) in [5.41, 5.74) is 0.894. The van der Waals surface area contributed by atoms with Gasteiger partial charge >= 0.3 is 5.97 Å². The zero-order chi connectivity index (χ0) is 12.5. The van der Waals surface area contributed by atoms with E-state index in [-0.39, 0.29) is 6.42 Å². The number of benzene rings is 1. The van der Waals surface area contributed by atoms with Crippen LogP contribution in [0.1, 0.15) is 30.9 Å². The highest BCUT2D eigenvalue weighted by molar-refractivity contribution is 5.66. The van der Waals surface area contributed by atoms with Gasteiger partial charge in [-0.3, -0.25) is 4.79 Å². The fourth-order valence-electron chi connectivity index (χ4n) is 1.56. The van der Waals surface area contributed by atoms with E-state index in [2.05, 4.69) is 5.32 Å². The Morgan fingerprint density at radius 3 is 2.59 bits per heavy atom. The van der Waals surface area contributed by atoms with Crippen molar-refractivity contribution < 1.29 is 15.0 Å². The standard InChI is InChI=1S/C13H19NO3/c15-12(11-6-2-1-3-7-11)10-14-9-5-4-8-13(16)17/h1-3,6-7,12,14-15H,4-5,8-10H2,(H,16,17). The molecule has 0 fully saturated rings. The molecule has 0 radical (unpaired) electrons. The van der Waals surface area contributed by atoms with Gasteiger partial charge in [-0.2, -0.15) is 0 Å². The lowest BCUT2D eigenvalue weighted by Crippen LogP contribution is -2.22. The molecule has 1 rings (SSSR count). The molecule has 0 amide bonds. The molecular formula is C13H19NO3. The molecule has 17 heavy (non-hydrogen) atoms. The van der Waals surface area contributed by atoms with E-state index in [4.69, 9.17) is 5.11 Å². The number of nitrogens with one attached hydrogen (secondary N) is 1. The van der Waals surface area contributed by atoms with Gasteiger partial charge < -0.3 is 15.5 Å². The Bertz CT molecular complexity index is 327. The van der Waals surface area contributed by atoms with Crippen LogP contribution >= 0.6 is 0 Å². The first kappa shape index (κ1) is 13.7. The smallest absolute Gasteiger partial charge is 0.303 e. The van der Waals surface area contributed by atoms with E-state index in [1.165, 1.54) is 0 Å². The molecule has 0 saturated heterocycles. The van der Waals surface area contributed by atoms with Gasteiger partial charge in [0.05, 0.1) is 6.10 Å². The van der Waals surface area contributed by atoms with E-state index in [1.807, 2.05) is 30.3 Å². The molecular weight excluding hydrogens is 218 g/mol. The molecule has 94 valence electrons. The highest BCUT2D eigenvalue weighted by Crippen LogP contribution is 2.10. The molecule has 0 heterocycles. The number of carboxylic acids is 1. The second-order valence-electron chi connectivity index (χ2n) is 3.98. The predicted molar refractivity (Wildman–Crippen MR) is 65.8 cm³/mol. The molecule has 0 saturated carbocycles. The van der Waals surface area contributed by atoms with Gasteiger partial charge in [0.2, 0.25) is 0 Å². The molecule has 3 N–H and O–H groups in total. The first-order chi connectivity index (χ1) is 8.20. The van der Waals surface area contributed by atoms with Crippen molar-refractivity contribution in [3.05, 3.63) is 35.9 Å². The molecule has 1 unspecified atom stereocenters. The summed E-state index contributed by atoms with van der Waals surface area (Å²) < 4.78 is 0. The highest BCUT2D eigenvalue weighted by atomic mass is 16.4. The summed E-state index contributed by atoms with van der Waals surface area (Å²) in [5, 5.41) is 21.4. The van der Waals surface area contributed by atoms with Crippen LogP contribution < -0.4 is 5.32 Å². The number of aliphatic carboxylic acids is 1. The Morgan fingerprint density at radius 2 is 1.94 bits per heavy atom.